The van der Waals surface area contributed by atoms with Crippen molar-refractivity contribution in [3.8, 4) is 11.4 Å². The number of aliphatic hydroxyl groups is 1. The third kappa shape index (κ3) is 8.02. The standard InChI is InChI=1S/C53H52FN7O8/c1-5-52(68)37-23-42-46-35(26-61(42)50(66)36(37)27-69-51(52)67)45-39(22-21-34-28(2)38(54)24-40(57-46)44(34)45)58-49(65)41(59-48(64)30(4)56-47(63)29(3)55)25-43(62)60-53(31-15-9-6-10-16-31,32-17-11-7-12-18-32)33-19-13-8-14-20-33/h6-20,23-24,29-30,39,41,68H,5,21-22,25-27,55H2,1-4H3,(H,56,63)(H,58,65)(H,59,64)(H,60,62)/t29-,30-,39-,41-,52-/m0/s1. The first-order valence-corrected chi connectivity index (χ1v) is 23.0. The van der Waals surface area contributed by atoms with Gasteiger partial charge in [-0.05, 0) is 79.5 Å². The second-order valence-corrected chi connectivity index (χ2v) is 18.1. The van der Waals surface area contributed by atoms with Crippen LogP contribution >= 0.6 is 0 Å². The predicted molar refractivity (Wildman–Crippen MR) is 254 cm³/mol. The molecule has 0 saturated heterocycles. The largest absolute Gasteiger partial charge is 0.458 e. The van der Waals surface area contributed by atoms with Crippen LogP contribution in [0.5, 0.6) is 0 Å². The van der Waals surface area contributed by atoms with Gasteiger partial charge in [-0.1, -0.05) is 97.9 Å². The average Bonchev–Trinajstić information content (AvgIpc) is 3.73. The molecule has 5 atom stereocenters. The Morgan fingerprint density at radius 1 is 0.884 bits per heavy atom. The minimum Gasteiger partial charge on any atom is -0.458 e. The van der Waals surface area contributed by atoms with Crippen LogP contribution in [0.4, 0.5) is 4.39 Å². The van der Waals surface area contributed by atoms with Gasteiger partial charge in [-0.2, -0.15) is 0 Å². The number of halogens is 1. The predicted octanol–water partition coefficient (Wildman–Crippen LogP) is 4.47. The minimum absolute atomic E-state index is 0.00429. The third-order valence-electron chi connectivity index (χ3n) is 13.8. The Labute approximate surface area is 396 Å². The van der Waals surface area contributed by atoms with Crippen LogP contribution in [-0.4, -0.2) is 62.4 Å². The van der Waals surface area contributed by atoms with E-state index in [-0.39, 0.29) is 42.6 Å². The van der Waals surface area contributed by atoms with Gasteiger partial charge in [-0.15, -0.1) is 0 Å². The van der Waals surface area contributed by atoms with Crippen LogP contribution in [0.1, 0.15) is 96.1 Å². The Morgan fingerprint density at radius 3 is 2.07 bits per heavy atom. The monoisotopic (exact) mass is 933 g/mol. The first kappa shape index (κ1) is 46.5. The number of esters is 1. The van der Waals surface area contributed by atoms with Crippen molar-refractivity contribution in [3.05, 3.63) is 169 Å². The van der Waals surface area contributed by atoms with Crippen molar-refractivity contribution in [2.75, 3.05) is 0 Å². The smallest absolute Gasteiger partial charge is 0.343 e. The number of ether oxygens (including phenoxy) is 1. The van der Waals surface area contributed by atoms with Crippen molar-refractivity contribution >= 4 is 40.5 Å². The second kappa shape index (κ2) is 18.2. The van der Waals surface area contributed by atoms with Gasteiger partial charge in [0.05, 0.1) is 47.5 Å². The number of nitrogens with one attached hydrogen (secondary N) is 4. The Kier molecular flexibility index (Phi) is 12.2. The lowest BCUT2D eigenvalue weighted by Crippen LogP contribution is -2.56. The van der Waals surface area contributed by atoms with Gasteiger partial charge in [0.25, 0.3) is 5.56 Å². The topological polar surface area (TPSA) is 224 Å². The van der Waals surface area contributed by atoms with Crippen LogP contribution < -0.4 is 32.6 Å². The van der Waals surface area contributed by atoms with Crippen molar-refractivity contribution in [2.45, 2.75) is 102 Å². The molecule has 7 N–H and O–H groups in total. The van der Waals surface area contributed by atoms with Crippen molar-refractivity contribution in [2.24, 2.45) is 5.73 Å². The molecular formula is C53H52FN7O8. The Balaban J connectivity index is 1.12. The number of carbonyl (C=O) groups excluding carboxylic acids is 5. The van der Waals surface area contributed by atoms with Gasteiger partial charge >= 0.3 is 5.97 Å². The highest BCUT2D eigenvalue weighted by Gasteiger charge is 2.46. The van der Waals surface area contributed by atoms with Gasteiger partial charge in [-0.3, -0.25) is 24.0 Å². The summed E-state index contributed by atoms with van der Waals surface area (Å²) in [5.41, 5.74) is 7.50. The van der Waals surface area contributed by atoms with Crippen molar-refractivity contribution in [1.82, 2.24) is 30.8 Å². The SMILES string of the molecule is CC[C@@]1(O)C(=O)OCc2c1cc1n(c2=O)Cc2c-1nc1cc(F)c(C)c3c1c2[C@@H](NC(=O)[C@H](CC(=O)NC(c1ccccc1)(c1ccccc1)c1ccccc1)NC(=O)[C@H](C)NC(=O)[C@H](C)N)CC3. The first-order valence-electron chi connectivity index (χ1n) is 23.0. The highest BCUT2D eigenvalue weighted by atomic mass is 19.1. The first-order chi connectivity index (χ1) is 33.1. The van der Waals surface area contributed by atoms with Crippen LogP contribution in [0.3, 0.4) is 0 Å². The van der Waals surface area contributed by atoms with Crippen molar-refractivity contribution < 1.29 is 38.2 Å². The molecule has 2 aromatic heterocycles. The molecular weight excluding hydrogens is 882 g/mol. The second-order valence-electron chi connectivity index (χ2n) is 18.1. The molecule has 3 aliphatic rings. The lowest BCUT2D eigenvalue weighted by Gasteiger charge is -2.37. The van der Waals surface area contributed by atoms with Crippen LogP contribution in [0.15, 0.2) is 108 Å². The number of benzene rings is 4. The number of aryl methyl sites for hydroxylation is 1. The molecule has 6 aromatic rings. The van der Waals surface area contributed by atoms with E-state index in [1.807, 2.05) is 91.0 Å². The molecule has 0 saturated carbocycles. The van der Waals surface area contributed by atoms with Gasteiger partial charge < -0.3 is 41.4 Å². The maximum absolute atomic E-state index is 15.7. The minimum atomic E-state index is -2.08. The number of fused-ring (bicyclic) bond motifs is 5. The summed E-state index contributed by atoms with van der Waals surface area (Å²) in [6.07, 6.45) is -0.0219. The molecule has 2 aliphatic heterocycles. The van der Waals surface area contributed by atoms with Gasteiger partial charge in [0.15, 0.2) is 5.60 Å². The van der Waals surface area contributed by atoms with Crippen LogP contribution in [0.2, 0.25) is 0 Å². The van der Waals surface area contributed by atoms with Gasteiger partial charge in [-0.25, -0.2) is 14.2 Å². The van der Waals surface area contributed by atoms with Crippen molar-refractivity contribution in [3.63, 3.8) is 0 Å². The molecule has 4 amide bonds. The number of carbonyl (C=O) groups is 5. The van der Waals surface area contributed by atoms with Gasteiger partial charge in [0, 0.05) is 22.6 Å². The number of hydrogen-bond donors (Lipinski definition) is 6. The molecule has 0 radical (unpaired) electrons. The van der Waals surface area contributed by atoms with Crippen LogP contribution in [0.25, 0.3) is 22.3 Å². The molecule has 0 bridgehead atoms. The maximum atomic E-state index is 15.7. The van der Waals surface area contributed by atoms with Crippen LogP contribution in [-0.2, 0) is 59.4 Å². The fourth-order valence-corrected chi connectivity index (χ4v) is 10.1. The summed E-state index contributed by atoms with van der Waals surface area (Å²) in [7, 11) is 0. The number of nitrogens with two attached hydrogens (primary N) is 1. The highest BCUT2D eigenvalue weighted by Crippen LogP contribution is 2.46. The molecule has 354 valence electrons. The maximum Gasteiger partial charge on any atom is 0.343 e. The number of pyridine rings is 2. The number of hydrogen-bond acceptors (Lipinski definition) is 10. The molecule has 0 unspecified atom stereocenters. The van der Waals surface area contributed by atoms with E-state index in [0.29, 0.717) is 45.4 Å². The molecule has 0 fully saturated rings. The number of amides is 4. The van der Waals surface area contributed by atoms with Crippen LogP contribution in [0, 0.1) is 12.7 Å². The number of cyclic esters (lactones) is 1. The number of aromatic nitrogens is 2. The fraction of sp³-hybridized carbons (Fsp3) is 0.302. The van der Waals surface area contributed by atoms with E-state index in [4.69, 9.17) is 15.5 Å². The molecule has 16 heteroatoms. The number of rotatable bonds is 13. The summed E-state index contributed by atoms with van der Waals surface area (Å²) in [4.78, 5) is 88.5. The summed E-state index contributed by atoms with van der Waals surface area (Å²) in [5.74, 6) is -4.04. The average molecular weight is 934 g/mol. The quantitative estimate of drug-likeness (QED) is 0.0704. The van der Waals surface area contributed by atoms with E-state index < -0.39 is 82.7 Å². The normalized spacial score (nSPS) is 18.1. The molecule has 9 rings (SSSR count). The summed E-state index contributed by atoms with van der Waals surface area (Å²) in [5, 5.41) is 23.8. The van der Waals surface area contributed by atoms with E-state index in [0.717, 1.165) is 16.7 Å². The summed E-state index contributed by atoms with van der Waals surface area (Å²) in [6.45, 7) is 5.84. The number of nitrogens with zero attached hydrogens (tertiary/aromatic N) is 2. The molecule has 4 heterocycles. The zero-order valence-electron chi connectivity index (χ0n) is 38.5. The van der Waals surface area contributed by atoms with E-state index in [9.17, 15) is 29.1 Å². The molecule has 0 spiro atoms. The third-order valence-corrected chi connectivity index (χ3v) is 13.8. The lowest BCUT2D eigenvalue weighted by atomic mass is 9.77. The zero-order chi connectivity index (χ0) is 48.9. The van der Waals surface area contributed by atoms with Gasteiger partial charge in [0.1, 0.15) is 30.0 Å². The molecule has 1 aliphatic carbocycles. The summed E-state index contributed by atoms with van der Waals surface area (Å²) in [6, 6.07) is 26.7. The molecule has 69 heavy (non-hydrogen) atoms. The lowest BCUT2D eigenvalue weighted by molar-refractivity contribution is -0.172. The van der Waals surface area contributed by atoms with E-state index in [1.165, 1.54) is 24.5 Å². The van der Waals surface area contributed by atoms with Gasteiger partial charge in [0.2, 0.25) is 23.6 Å². The summed E-state index contributed by atoms with van der Waals surface area (Å²) >= 11 is 0. The Morgan fingerprint density at radius 2 is 1.49 bits per heavy atom. The van der Waals surface area contributed by atoms with E-state index in [1.54, 1.807) is 19.9 Å². The van der Waals surface area contributed by atoms with Crippen molar-refractivity contribution in [1.29, 1.82) is 0 Å². The molecule has 4 aromatic carbocycles. The van der Waals surface area contributed by atoms with E-state index >= 15 is 9.18 Å². The van der Waals surface area contributed by atoms with E-state index in [2.05, 4.69) is 21.3 Å². The Bertz CT molecular complexity index is 3030. The zero-order valence-corrected chi connectivity index (χ0v) is 38.5. The highest BCUT2D eigenvalue weighted by molar-refractivity contribution is 5.97. The fourth-order valence-electron chi connectivity index (χ4n) is 10.1. The molecule has 15 nitrogen and oxygen atoms in total. The Hall–Kier alpha value is -7.56. The summed E-state index contributed by atoms with van der Waals surface area (Å²) < 4.78 is 22.5.